The number of aryl methyl sites for hydroxylation is 1. The molecular weight excluding hydrogens is 248 g/mol. The van der Waals surface area contributed by atoms with Crippen LogP contribution in [0.25, 0.3) is 0 Å². The average Bonchev–Trinajstić information content (AvgIpc) is 2.78. The van der Waals surface area contributed by atoms with Gasteiger partial charge >= 0.3 is 0 Å². The second-order valence-electron chi connectivity index (χ2n) is 5.06. The monoisotopic (exact) mass is 268 g/mol. The van der Waals surface area contributed by atoms with Crippen molar-refractivity contribution in [2.45, 2.75) is 45.1 Å². The molecule has 1 amide bonds. The molecule has 2 N–H and O–H groups in total. The lowest BCUT2D eigenvalue weighted by Gasteiger charge is -2.34. The number of carbonyl (C=O) groups is 1. The summed E-state index contributed by atoms with van der Waals surface area (Å²) in [6, 6.07) is 0. The van der Waals surface area contributed by atoms with Gasteiger partial charge < -0.3 is 10.6 Å². The molecule has 2 rings (SSSR count). The first kappa shape index (κ1) is 13.4. The van der Waals surface area contributed by atoms with E-state index in [0.29, 0.717) is 4.88 Å². The summed E-state index contributed by atoms with van der Waals surface area (Å²) < 4.78 is 3.90. The summed E-state index contributed by atoms with van der Waals surface area (Å²) in [5.74, 6) is -0.0159. The fourth-order valence-electron chi connectivity index (χ4n) is 2.22. The maximum atomic E-state index is 12.3. The van der Waals surface area contributed by atoms with E-state index >= 15 is 0 Å². The van der Waals surface area contributed by atoms with E-state index in [4.69, 9.17) is 0 Å². The van der Waals surface area contributed by atoms with Crippen molar-refractivity contribution in [3.8, 4) is 0 Å². The van der Waals surface area contributed by atoms with Gasteiger partial charge in [-0.1, -0.05) is 17.8 Å². The van der Waals surface area contributed by atoms with Crippen molar-refractivity contribution in [3.63, 3.8) is 0 Å². The molecule has 0 unspecified atom stereocenters. The molecule has 2 heterocycles. The minimum Gasteiger partial charge on any atom is -0.346 e. The van der Waals surface area contributed by atoms with Gasteiger partial charge in [0.15, 0.2) is 0 Å². The largest absolute Gasteiger partial charge is 0.346 e. The van der Waals surface area contributed by atoms with Crippen LogP contribution in [0.1, 0.15) is 48.5 Å². The van der Waals surface area contributed by atoms with Gasteiger partial charge in [0.1, 0.15) is 4.88 Å². The molecule has 0 aliphatic carbocycles. The number of carbonyl (C=O) groups excluding carboxylic acids is 1. The molecule has 0 atom stereocenters. The zero-order chi connectivity index (χ0) is 13.0. The van der Waals surface area contributed by atoms with Gasteiger partial charge in [0.2, 0.25) is 0 Å². The van der Waals surface area contributed by atoms with Crippen LogP contribution in [0.3, 0.4) is 0 Å². The van der Waals surface area contributed by atoms with E-state index in [9.17, 15) is 4.79 Å². The normalized spacial score (nSPS) is 18.6. The van der Waals surface area contributed by atoms with Crippen LogP contribution in [0, 0.1) is 0 Å². The topological polar surface area (TPSA) is 66.9 Å². The maximum absolute atomic E-state index is 12.3. The first-order chi connectivity index (χ1) is 8.64. The molecule has 1 aliphatic rings. The second-order valence-corrected chi connectivity index (χ2v) is 5.82. The number of piperidine rings is 1. The Hall–Kier alpha value is -1.01. The zero-order valence-electron chi connectivity index (χ0n) is 11.0. The van der Waals surface area contributed by atoms with E-state index in [1.165, 1.54) is 11.5 Å². The van der Waals surface area contributed by atoms with Gasteiger partial charge in [-0.2, -0.15) is 0 Å². The summed E-state index contributed by atoms with van der Waals surface area (Å²) in [6.45, 7) is 6.11. The quantitative estimate of drug-likeness (QED) is 0.865. The van der Waals surface area contributed by atoms with Gasteiger partial charge in [0, 0.05) is 5.54 Å². The van der Waals surface area contributed by atoms with E-state index in [2.05, 4.69) is 34.1 Å². The fraction of sp³-hybridized carbons (Fsp3) is 0.750. The fourth-order valence-corrected chi connectivity index (χ4v) is 2.82. The lowest BCUT2D eigenvalue weighted by Crippen LogP contribution is -2.52. The lowest BCUT2D eigenvalue weighted by molar-refractivity contribution is 0.0890. The number of nitrogens with one attached hydrogen (secondary N) is 2. The third-order valence-corrected chi connectivity index (χ3v) is 4.14. The van der Waals surface area contributed by atoms with Crippen LogP contribution >= 0.6 is 11.5 Å². The van der Waals surface area contributed by atoms with Gasteiger partial charge in [-0.25, -0.2) is 0 Å². The highest BCUT2D eigenvalue weighted by atomic mass is 32.1. The molecule has 0 spiro atoms. The van der Waals surface area contributed by atoms with Crippen LogP contribution in [0.2, 0.25) is 0 Å². The highest BCUT2D eigenvalue weighted by Crippen LogP contribution is 2.20. The Morgan fingerprint density at radius 3 is 2.89 bits per heavy atom. The summed E-state index contributed by atoms with van der Waals surface area (Å²) in [7, 11) is 0. The molecular formula is C12H20N4OS. The molecule has 5 nitrogen and oxygen atoms in total. The zero-order valence-corrected chi connectivity index (χ0v) is 11.8. The highest BCUT2D eigenvalue weighted by Gasteiger charge is 2.30. The predicted octanol–water partition coefficient (Wildman–Crippen LogP) is 1.36. The van der Waals surface area contributed by atoms with Gasteiger partial charge in [-0.15, -0.1) is 5.10 Å². The minimum absolute atomic E-state index is 0.0159. The molecule has 0 aromatic carbocycles. The number of rotatable bonds is 4. The smallest absolute Gasteiger partial charge is 0.265 e. The summed E-state index contributed by atoms with van der Waals surface area (Å²) in [5, 5.41) is 10.5. The van der Waals surface area contributed by atoms with E-state index in [1.807, 2.05) is 0 Å². The van der Waals surface area contributed by atoms with Crippen LogP contribution in [-0.2, 0) is 6.42 Å². The van der Waals surface area contributed by atoms with E-state index < -0.39 is 0 Å². The van der Waals surface area contributed by atoms with Crippen molar-refractivity contribution < 1.29 is 4.79 Å². The van der Waals surface area contributed by atoms with Crippen molar-refractivity contribution >= 4 is 17.4 Å². The second kappa shape index (κ2) is 5.75. The SMILES string of the molecule is CCCc1nnsc1C(=O)NC1(C)CCNCC1. The molecule has 1 saturated heterocycles. The molecule has 0 radical (unpaired) electrons. The van der Waals surface area contributed by atoms with Gasteiger partial charge in [0.25, 0.3) is 5.91 Å². The molecule has 1 aromatic heterocycles. The Labute approximate surface area is 112 Å². The van der Waals surface area contributed by atoms with Gasteiger partial charge in [-0.3, -0.25) is 4.79 Å². The number of aromatic nitrogens is 2. The summed E-state index contributed by atoms with van der Waals surface area (Å²) in [5.41, 5.74) is 0.730. The number of hydrogen-bond donors (Lipinski definition) is 2. The first-order valence-corrected chi connectivity index (χ1v) is 7.26. The van der Waals surface area contributed by atoms with Crippen LogP contribution < -0.4 is 10.6 Å². The van der Waals surface area contributed by atoms with Crippen LogP contribution in [0.4, 0.5) is 0 Å². The minimum atomic E-state index is -0.101. The molecule has 1 fully saturated rings. The van der Waals surface area contributed by atoms with Crippen LogP contribution in [-0.4, -0.2) is 34.1 Å². The predicted molar refractivity (Wildman–Crippen MR) is 71.9 cm³/mol. The van der Waals surface area contributed by atoms with Crippen LogP contribution in [0.15, 0.2) is 0 Å². The molecule has 0 bridgehead atoms. The Bertz CT molecular complexity index is 412. The summed E-state index contributed by atoms with van der Waals surface area (Å²) in [6.07, 6.45) is 3.73. The Balaban J connectivity index is 2.04. The van der Waals surface area contributed by atoms with E-state index in [-0.39, 0.29) is 11.4 Å². The summed E-state index contributed by atoms with van der Waals surface area (Å²) in [4.78, 5) is 13.0. The van der Waals surface area contributed by atoms with Gasteiger partial charge in [0.05, 0.1) is 5.69 Å². The Kier molecular flexibility index (Phi) is 4.29. The first-order valence-electron chi connectivity index (χ1n) is 6.49. The molecule has 0 saturated carbocycles. The number of nitrogens with zero attached hydrogens (tertiary/aromatic N) is 2. The standard InChI is InChI=1S/C12H20N4OS/c1-3-4-9-10(18-16-15-9)11(17)14-12(2)5-7-13-8-6-12/h13H,3-8H2,1-2H3,(H,14,17). The average molecular weight is 268 g/mol. The molecule has 1 aliphatic heterocycles. The van der Waals surface area contributed by atoms with E-state index in [0.717, 1.165) is 44.5 Å². The van der Waals surface area contributed by atoms with Crippen molar-refractivity contribution in [2.24, 2.45) is 0 Å². The Morgan fingerprint density at radius 1 is 1.50 bits per heavy atom. The van der Waals surface area contributed by atoms with Crippen molar-refractivity contribution in [3.05, 3.63) is 10.6 Å². The van der Waals surface area contributed by atoms with Crippen molar-refractivity contribution in [1.29, 1.82) is 0 Å². The molecule has 1 aromatic rings. The third kappa shape index (κ3) is 3.05. The van der Waals surface area contributed by atoms with Gasteiger partial charge in [-0.05, 0) is 50.8 Å². The van der Waals surface area contributed by atoms with Crippen molar-refractivity contribution in [2.75, 3.05) is 13.1 Å². The molecule has 18 heavy (non-hydrogen) atoms. The van der Waals surface area contributed by atoms with E-state index in [1.54, 1.807) is 0 Å². The van der Waals surface area contributed by atoms with Crippen LogP contribution in [0.5, 0.6) is 0 Å². The molecule has 6 heteroatoms. The summed E-state index contributed by atoms with van der Waals surface area (Å²) >= 11 is 1.20. The third-order valence-electron chi connectivity index (χ3n) is 3.37. The number of amides is 1. The lowest BCUT2D eigenvalue weighted by atomic mass is 9.90. The Morgan fingerprint density at radius 2 is 2.22 bits per heavy atom. The van der Waals surface area contributed by atoms with Crippen molar-refractivity contribution in [1.82, 2.24) is 20.2 Å². The highest BCUT2D eigenvalue weighted by molar-refractivity contribution is 7.08. The maximum Gasteiger partial charge on any atom is 0.265 e. The number of hydrogen-bond acceptors (Lipinski definition) is 5. The molecule has 100 valence electrons.